The Kier molecular flexibility index (Phi) is 8.55. The third-order valence-electron chi connectivity index (χ3n) is 9.54. The first-order valence-electron chi connectivity index (χ1n) is 16.2. The second kappa shape index (κ2) is 12.9. The number of nitrogens with one attached hydrogen (secondary N) is 2. The minimum absolute atomic E-state index is 0.0574. The highest BCUT2D eigenvalue weighted by atomic mass is 32.1. The molecule has 0 bridgehead atoms. The molecule has 3 atom stereocenters. The molecule has 1 aromatic heterocycles. The molecule has 5 heterocycles. The minimum atomic E-state index is -0.365. The molecule has 10 nitrogen and oxygen atoms in total. The molecule has 7 rings (SSSR count). The summed E-state index contributed by atoms with van der Waals surface area (Å²) in [4.78, 5) is 36.3. The van der Waals surface area contributed by atoms with E-state index < -0.39 is 0 Å². The van der Waals surface area contributed by atoms with Gasteiger partial charge in [-0.25, -0.2) is 9.59 Å². The van der Waals surface area contributed by atoms with Crippen molar-refractivity contribution < 1.29 is 19.1 Å². The normalized spacial score (nSPS) is 26.5. The Bertz CT molecular complexity index is 1510. The Morgan fingerprint density at radius 1 is 0.933 bits per heavy atom. The highest BCUT2D eigenvalue weighted by Crippen LogP contribution is 2.43. The second-order valence-corrected chi connectivity index (χ2v) is 13.6. The van der Waals surface area contributed by atoms with Crippen LogP contribution >= 0.6 is 11.3 Å². The van der Waals surface area contributed by atoms with Gasteiger partial charge in [0.2, 0.25) is 0 Å². The van der Waals surface area contributed by atoms with Crippen LogP contribution < -0.4 is 10.6 Å². The SMILES string of the molecule is COC(=O)C1=CC2=NC(c3ccc(C4=C([N-]C5CCCCC5)N5C=CC(C(=O)OC)=CC5N4)s3)C(NC3CCCCC3)N2C=C1. The summed E-state index contributed by atoms with van der Waals surface area (Å²) in [7, 11) is 2.81. The van der Waals surface area contributed by atoms with Gasteiger partial charge in [-0.15, -0.1) is 11.3 Å². The molecule has 6 aliphatic rings. The topological polar surface area (TPSA) is 110 Å². The van der Waals surface area contributed by atoms with Crippen LogP contribution in [0, 0.1) is 0 Å². The van der Waals surface area contributed by atoms with Crippen molar-refractivity contribution in [1.29, 1.82) is 0 Å². The molecule has 1 aromatic rings. The van der Waals surface area contributed by atoms with Crippen LogP contribution in [0.25, 0.3) is 11.0 Å². The lowest BCUT2D eigenvalue weighted by Crippen LogP contribution is -2.49. The number of methoxy groups -OCH3 is 2. The van der Waals surface area contributed by atoms with Crippen LogP contribution in [0.1, 0.15) is 80.0 Å². The number of esters is 2. The fourth-order valence-corrected chi connectivity index (χ4v) is 8.24. The lowest BCUT2D eigenvalue weighted by Gasteiger charge is -2.39. The Labute approximate surface area is 268 Å². The van der Waals surface area contributed by atoms with Crippen molar-refractivity contribution in [1.82, 2.24) is 20.4 Å². The van der Waals surface area contributed by atoms with Crippen molar-refractivity contribution in [2.24, 2.45) is 4.99 Å². The molecule has 0 radical (unpaired) electrons. The Morgan fingerprint density at radius 2 is 1.62 bits per heavy atom. The molecular weight excluding hydrogens is 588 g/mol. The maximum atomic E-state index is 12.3. The summed E-state index contributed by atoms with van der Waals surface area (Å²) >= 11 is 1.72. The van der Waals surface area contributed by atoms with E-state index in [1.807, 2.05) is 30.6 Å². The third kappa shape index (κ3) is 5.95. The average molecular weight is 630 g/mol. The van der Waals surface area contributed by atoms with Crippen LogP contribution in [-0.2, 0) is 19.1 Å². The minimum Gasteiger partial charge on any atom is -0.465 e. The molecule has 238 valence electrons. The summed E-state index contributed by atoms with van der Waals surface area (Å²) < 4.78 is 9.98. The van der Waals surface area contributed by atoms with Gasteiger partial charge in [-0.1, -0.05) is 63.6 Å². The van der Waals surface area contributed by atoms with Crippen molar-refractivity contribution in [3.63, 3.8) is 0 Å². The molecule has 2 N–H and O–H groups in total. The number of carbonyl (C=O) groups excluding carboxylic acids is 2. The van der Waals surface area contributed by atoms with Gasteiger partial charge in [0.25, 0.3) is 0 Å². The number of carbonyl (C=O) groups is 2. The van der Waals surface area contributed by atoms with E-state index in [0.717, 1.165) is 52.8 Å². The number of fused-ring (bicyclic) bond motifs is 2. The molecule has 2 fully saturated rings. The highest BCUT2D eigenvalue weighted by Gasteiger charge is 2.39. The highest BCUT2D eigenvalue weighted by molar-refractivity contribution is 7.13. The van der Waals surface area contributed by atoms with E-state index in [0.29, 0.717) is 17.2 Å². The maximum absolute atomic E-state index is 12.3. The molecule has 0 amide bonds. The molecule has 4 aliphatic heterocycles. The number of hydrogen-bond acceptors (Lipinski definition) is 10. The monoisotopic (exact) mass is 629 g/mol. The number of ether oxygens (including phenoxy) is 2. The largest absolute Gasteiger partial charge is 0.465 e. The van der Waals surface area contributed by atoms with Gasteiger partial charge in [-0.3, -0.25) is 10.3 Å². The van der Waals surface area contributed by atoms with Crippen molar-refractivity contribution >= 4 is 34.8 Å². The smallest absolute Gasteiger partial charge is 0.338 e. The molecule has 45 heavy (non-hydrogen) atoms. The fraction of sp³-hybridized carbons (Fsp3) is 0.500. The number of rotatable bonds is 8. The van der Waals surface area contributed by atoms with Crippen LogP contribution in [0.3, 0.4) is 0 Å². The zero-order valence-corrected chi connectivity index (χ0v) is 26.7. The molecule has 11 heteroatoms. The van der Waals surface area contributed by atoms with E-state index in [4.69, 9.17) is 19.8 Å². The van der Waals surface area contributed by atoms with Crippen molar-refractivity contribution in [2.45, 2.75) is 94.7 Å². The number of aliphatic imine (C=N–C) groups is 1. The fourth-order valence-electron chi connectivity index (χ4n) is 7.16. The van der Waals surface area contributed by atoms with Crippen molar-refractivity contribution in [3.8, 4) is 0 Å². The Hall–Kier alpha value is -3.83. The van der Waals surface area contributed by atoms with Crippen LogP contribution in [0.5, 0.6) is 0 Å². The number of amidine groups is 1. The maximum Gasteiger partial charge on any atom is 0.338 e. The number of nitrogens with zero attached hydrogens (tertiary/aromatic N) is 4. The van der Waals surface area contributed by atoms with E-state index in [1.54, 1.807) is 17.4 Å². The lowest BCUT2D eigenvalue weighted by atomic mass is 9.95. The summed E-state index contributed by atoms with van der Waals surface area (Å²) in [5, 5.41) is 12.9. The summed E-state index contributed by atoms with van der Waals surface area (Å²) in [6, 6.07) is 4.90. The van der Waals surface area contributed by atoms with E-state index in [2.05, 4.69) is 32.6 Å². The quantitative estimate of drug-likeness (QED) is 0.360. The summed E-state index contributed by atoms with van der Waals surface area (Å²) in [5.41, 5.74) is 2.00. The molecule has 2 saturated carbocycles. The Balaban J connectivity index is 1.21. The summed E-state index contributed by atoms with van der Waals surface area (Å²) in [6.45, 7) is 0. The van der Waals surface area contributed by atoms with Crippen LogP contribution in [-0.4, -0.2) is 66.2 Å². The number of hydrogen-bond donors (Lipinski definition) is 2. The van der Waals surface area contributed by atoms with Crippen LogP contribution in [0.2, 0.25) is 0 Å². The van der Waals surface area contributed by atoms with Crippen LogP contribution in [0.4, 0.5) is 0 Å². The van der Waals surface area contributed by atoms with Gasteiger partial charge in [0.1, 0.15) is 18.0 Å². The molecule has 3 unspecified atom stereocenters. The molecule has 2 aliphatic carbocycles. The second-order valence-electron chi connectivity index (χ2n) is 12.4. The summed E-state index contributed by atoms with van der Waals surface area (Å²) in [5.74, 6) is 0.963. The van der Waals surface area contributed by atoms with Crippen molar-refractivity contribution in [2.75, 3.05) is 14.2 Å². The summed E-state index contributed by atoms with van der Waals surface area (Å²) in [6.07, 6.45) is 22.9. The molecular formula is C34H41N6O4S-. The van der Waals surface area contributed by atoms with Gasteiger partial charge in [0.05, 0.1) is 42.1 Å². The number of thiophene rings is 1. The van der Waals surface area contributed by atoms with E-state index in [-0.39, 0.29) is 36.4 Å². The van der Waals surface area contributed by atoms with Gasteiger partial charge in [0, 0.05) is 17.1 Å². The van der Waals surface area contributed by atoms with E-state index >= 15 is 0 Å². The molecule has 0 aromatic carbocycles. The first kappa shape index (κ1) is 29.9. The van der Waals surface area contributed by atoms with Crippen molar-refractivity contribution in [3.05, 3.63) is 80.9 Å². The molecule has 0 spiro atoms. The van der Waals surface area contributed by atoms with E-state index in [9.17, 15) is 9.59 Å². The van der Waals surface area contributed by atoms with Crippen LogP contribution in [0.15, 0.2) is 70.8 Å². The van der Waals surface area contributed by atoms with Gasteiger partial charge in [0.15, 0.2) is 0 Å². The van der Waals surface area contributed by atoms with Gasteiger partial charge in [-0.2, -0.15) is 0 Å². The first-order valence-corrected chi connectivity index (χ1v) is 17.0. The first-order chi connectivity index (χ1) is 22.0. The molecule has 0 saturated heterocycles. The standard InChI is InChI=1S/C34H42N6O4S/c1-43-33(41)21-15-17-39-27(19-21)37-29(31(39)35-23-9-5-3-6-10-23)25-13-14-26(45-25)30-32(36-24-11-7-4-8-12-24)40-18-16-22(34(42)44-2)20-28(40)38-30/h13-20,23-24,27,30,32,36H,3-12H2,1-2H3,(H2,35,37,38,42)/p-1. The predicted molar refractivity (Wildman–Crippen MR) is 175 cm³/mol. The lowest BCUT2D eigenvalue weighted by molar-refractivity contribution is -0.136. The van der Waals surface area contributed by atoms with Gasteiger partial charge in [-0.05, 0) is 55.1 Å². The average Bonchev–Trinajstić information content (AvgIpc) is 3.80. The zero-order valence-electron chi connectivity index (χ0n) is 25.9. The Morgan fingerprint density at radius 3 is 2.38 bits per heavy atom. The van der Waals surface area contributed by atoms with E-state index in [1.165, 1.54) is 52.7 Å². The predicted octanol–water partition coefficient (Wildman–Crippen LogP) is 5.57. The zero-order chi connectivity index (χ0) is 30.9. The van der Waals surface area contributed by atoms with Gasteiger partial charge < -0.3 is 29.9 Å². The third-order valence-corrected chi connectivity index (χ3v) is 10.7. The van der Waals surface area contributed by atoms with Gasteiger partial charge >= 0.3 is 11.9 Å².